The molecule has 5 rings (SSSR count). The quantitative estimate of drug-likeness (QED) is 0.514. The van der Waals surface area contributed by atoms with Gasteiger partial charge in [-0.3, -0.25) is 14.5 Å². The van der Waals surface area contributed by atoms with Crippen molar-refractivity contribution in [3.8, 4) is 0 Å². The van der Waals surface area contributed by atoms with E-state index < -0.39 is 10.0 Å². The molecule has 0 saturated carbocycles. The Kier molecular flexibility index (Phi) is 8.75. The van der Waals surface area contributed by atoms with Gasteiger partial charge in [0.1, 0.15) is 5.00 Å². The van der Waals surface area contributed by atoms with Gasteiger partial charge in [-0.2, -0.15) is 4.31 Å². The van der Waals surface area contributed by atoms with Gasteiger partial charge in [-0.15, -0.1) is 11.3 Å². The molecule has 0 spiro atoms. The maximum absolute atomic E-state index is 13.7. The number of thiophene rings is 1. The van der Waals surface area contributed by atoms with E-state index in [2.05, 4.69) is 24.1 Å². The van der Waals surface area contributed by atoms with Gasteiger partial charge in [-0.05, 0) is 87.2 Å². The van der Waals surface area contributed by atoms with Gasteiger partial charge in [0, 0.05) is 49.7 Å². The molecule has 2 fully saturated rings. The fraction of sp³-hybridized carbons (Fsp3) is 0.586. The van der Waals surface area contributed by atoms with Gasteiger partial charge >= 0.3 is 0 Å². The molecule has 0 aliphatic carbocycles. The number of fused-ring (bicyclic) bond motifs is 1. The first-order chi connectivity index (χ1) is 18.8. The maximum Gasteiger partial charge on any atom is 0.257 e. The van der Waals surface area contributed by atoms with E-state index in [4.69, 9.17) is 0 Å². The van der Waals surface area contributed by atoms with Gasteiger partial charge in [0.15, 0.2) is 0 Å². The Labute approximate surface area is 236 Å². The van der Waals surface area contributed by atoms with Crippen LogP contribution in [0.3, 0.4) is 0 Å². The Morgan fingerprint density at radius 2 is 1.69 bits per heavy atom. The van der Waals surface area contributed by atoms with Gasteiger partial charge in [0.2, 0.25) is 10.0 Å². The fourth-order valence-electron chi connectivity index (χ4n) is 5.86. The minimum atomic E-state index is -3.58. The molecule has 2 aromatic rings. The molecule has 3 aliphatic heterocycles. The number of nitrogens with one attached hydrogen (secondary N) is 1. The monoisotopic (exact) mass is 572 g/mol. The van der Waals surface area contributed by atoms with Crippen molar-refractivity contribution in [3.63, 3.8) is 0 Å². The molecule has 0 unspecified atom stereocenters. The normalized spacial score (nSPS) is 19.6. The van der Waals surface area contributed by atoms with Crippen molar-refractivity contribution in [2.75, 3.05) is 44.6 Å². The summed E-state index contributed by atoms with van der Waals surface area (Å²) in [6.45, 7) is 9.60. The number of rotatable bonds is 7. The molecule has 39 heavy (non-hydrogen) atoms. The van der Waals surface area contributed by atoms with Crippen LogP contribution in [0.25, 0.3) is 0 Å². The summed E-state index contributed by atoms with van der Waals surface area (Å²) in [5.74, 6) is 0.220. The zero-order valence-electron chi connectivity index (χ0n) is 23.1. The van der Waals surface area contributed by atoms with Crippen LogP contribution < -0.4 is 5.32 Å². The Bertz CT molecular complexity index is 1290. The number of carbonyl (C=O) groups is 2. The number of anilines is 1. The van der Waals surface area contributed by atoms with Crippen LogP contribution in [0.2, 0.25) is 0 Å². The third-order valence-corrected chi connectivity index (χ3v) is 11.3. The van der Waals surface area contributed by atoms with E-state index in [0.717, 1.165) is 88.1 Å². The Morgan fingerprint density at radius 1 is 1.00 bits per heavy atom. The number of nitrogens with zero attached hydrogens (tertiary/aromatic N) is 3. The second-order valence-electron chi connectivity index (χ2n) is 11.2. The van der Waals surface area contributed by atoms with E-state index in [1.807, 2.05) is 4.90 Å². The molecule has 0 bridgehead atoms. The van der Waals surface area contributed by atoms with E-state index in [1.165, 1.54) is 23.5 Å². The first kappa shape index (κ1) is 28.3. The molecule has 4 heterocycles. The lowest BCUT2D eigenvalue weighted by atomic mass is 10.0. The smallest absolute Gasteiger partial charge is 0.257 e. The highest BCUT2D eigenvalue weighted by molar-refractivity contribution is 7.89. The first-order valence-electron chi connectivity index (χ1n) is 14.4. The molecule has 1 aromatic heterocycles. The minimum absolute atomic E-state index is 0.0173. The van der Waals surface area contributed by atoms with Gasteiger partial charge in [0.25, 0.3) is 11.8 Å². The van der Waals surface area contributed by atoms with Crippen LogP contribution in [0, 0.1) is 5.92 Å². The largest absolute Gasteiger partial charge is 0.339 e. The summed E-state index contributed by atoms with van der Waals surface area (Å²) in [6.07, 6.45) is 6.76. The van der Waals surface area contributed by atoms with E-state index in [0.29, 0.717) is 35.1 Å². The van der Waals surface area contributed by atoms with Gasteiger partial charge in [-0.1, -0.05) is 13.8 Å². The average Bonchev–Trinajstić information content (AvgIpc) is 3.30. The number of likely N-dealkylation sites (tertiary alicyclic amines) is 1. The van der Waals surface area contributed by atoms with Gasteiger partial charge in [0.05, 0.1) is 10.5 Å². The number of carbonyl (C=O) groups excluding carboxylic acids is 2. The molecule has 2 saturated heterocycles. The number of piperidine rings is 2. The van der Waals surface area contributed by atoms with Crippen LogP contribution in [0.4, 0.5) is 5.00 Å². The Morgan fingerprint density at radius 3 is 2.36 bits per heavy atom. The van der Waals surface area contributed by atoms with Crippen molar-refractivity contribution < 1.29 is 18.0 Å². The lowest BCUT2D eigenvalue weighted by Gasteiger charge is -2.29. The summed E-state index contributed by atoms with van der Waals surface area (Å²) < 4.78 is 27.7. The summed E-state index contributed by atoms with van der Waals surface area (Å²) in [7, 11) is -3.58. The van der Waals surface area contributed by atoms with Gasteiger partial charge < -0.3 is 10.2 Å². The standard InChI is InChI=1S/C29H40N4O4S2/c1-3-14-31-17-13-24-25(20-31)38-28(26(24)29(35)32-15-5-4-6-16-32)30-27(34)22-7-9-23(10-8-22)39(36,37)33-18-11-21(2)12-19-33/h7-10,21H,3-6,11-20H2,1-2H3,(H,30,34). The predicted molar refractivity (Wildman–Crippen MR) is 155 cm³/mol. The summed E-state index contributed by atoms with van der Waals surface area (Å²) in [5.41, 5.74) is 2.10. The van der Waals surface area contributed by atoms with E-state index in [-0.39, 0.29) is 16.7 Å². The molecule has 10 heteroatoms. The predicted octanol–water partition coefficient (Wildman–Crippen LogP) is 4.82. The van der Waals surface area contributed by atoms with Crippen molar-refractivity contribution in [1.29, 1.82) is 0 Å². The highest BCUT2D eigenvalue weighted by Gasteiger charge is 2.32. The molecule has 2 amide bonds. The molecule has 212 valence electrons. The van der Waals surface area contributed by atoms with Crippen LogP contribution in [-0.2, 0) is 23.0 Å². The lowest BCUT2D eigenvalue weighted by molar-refractivity contribution is 0.0724. The van der Waals surface area contributed by atoms with Crippen molar-refractivity contribution >= 4 is 38.2 Å². The highest BCUT2D eigenvalue weighted by Crippen LogP contribution is 2.38. The van der Waals surface area contributed by atoms with Crippen LogP contribution in [0.5, 0.6) is 0 Å². The lowest BCUT2D eigenvalue weighted by Crippen LogP contribution is -2.37. The van der Waals surface area contributed by atoms with Gasteiger partial charge in [-0.25, -0.2) is 8.42 Å². The van der Waals surface area contributed by atoms with E-state index in [1.54, 1.807) is 16.4 Å². The molecule has 3 aliphatic rings. The van der Waals surface area contributed by atoms with E-state index in [9.17, 15) is 18.0 Å². The number of hydrogen-bond donors (Lipinski definition) is 1. The molecule has 0 atom stereocenters. The number of amides is 2. The van der Waals surface area contributed by atoms with Crippen molar-refractivity contribution in [1.82, 2.24) is 14.1 Å². The number of benzene rings is 1. The topological polar surface area (TPSA) is 90.0 Å². The zero-order valence-corrected chi connectivity index (χ0v) is 24.7. The van der Waals surface area contributed by atoms with Crippen LogP contribution in [0.15, 0.2) is 29.2 Å². The first-order valence-corrected chi connectivity index (χ1v) is 16.6. The third kappa shape index (κ3) is 6.09. The van der Waals surface area contributed by atoms with Crippen molar-refractivity contribution in [3.05, 3.63) is 45.8 Å². The van der Waals surface area contributed by atoms with Crippen molar-refractivity contribution in [2.24, 2.45) is 5.92 Å². The SMILES string of the molecule is CCCN1CCc2c(sc(NC(=O)c3ccc(S(=O)(=O)N4CCC(C)CC4)cc3)c2C(=O)N2CCCCC2)C1. The summed E-state index contributed by atoms with van der Waals surface area (Å²) in [5, 5.41) is 3.64. The van der Waals surface area contributed by atoms with Crippen LogP contribution in [-0.4, -0.2) is 73.6 Å². The third-order valence-electron chi connectivity index (χ3n) is 8.26. The molecule has 0 radical (unpaired) electrons. The summed E-state index contributed by atoms with van der Waals surface area (Å²) >= 11 is 1.51. The zero-order chi connectivity index (χ0) is 27.6. The molecule has 1 N–H and O–H groups in total. The highest BCUT2D eigenvalue weighted by atomic mass is 32.2. The second-order valence-corrected chi connectivity index (χ2v) is 14.2. The fourth-order valence-corrected chi connectivity index (χ4v) is 8.61. The Balaban J connectivity index is 1.37. The minimum Gasteiger partial charge on any atom is -0.339 e. The van der Waals surface area contributed by atoms with Crippen LogP contribution in [0.1, 0.15) is 83.5 Å². The average molecular weight is 573 g/mol. The maximum atomic E-state index is 13.7. The van der Waals surface area contributed by atoms with Crippen LogP contribution >= 0.6 is 11.3 Å². The number of sulfonamides is 1. The molecule has 1 aromatic carbocycles. The Hall–Kier alpha value is -2.27. The molecular formula is C29H40N4O4S2. The molecule has 8 nitrogen and oxygen atoms in total. The second kappa shape index (κ2) is 12.1. The van der Waals surface area contributed by atoms with E-state index >= 15 is 0 Å². The molecular weight excluding hydrogens is 532 g/mol. The summed E-state index contributed by atoms with van der Waals surface area (Å²) in [4.78, 5) is 32.7. The number of hydrogen-bond acceptors (Lipinski definition) is 6. The van der Waals surface area contributed by atoms with Crippen molar-refractivity contribution in [2.45, 2.75) is 70.2 Å². The summed E-state index contributed by atoms with van der Waals surface area (Å²) in [6, 6.07) is 6.17.